The molecule has 10 heteroatoms. The molecule has 2 aromatic heterocycles. The number of nitrogens with one attached hydrogen (secondary N) is 1. The maximum absolute atomic E-state index is 12.6. The molecular formula is C26H21IN2O4S3. The molecule has 5 aromatic rings. The molecule has 3 aromatic carbocycles. The maximum Gasteiger partial charge on any atom is 0.369 e. The van der Waals surface area contributed by atoms with Crippen LogP contribution in [0.25, 0.3) is 10.2 Å². The van der Waals surface area contributed by atoms with E-state index in [1.807, 2.05) is 37.3 Å². The smallest absolute Gasteiger partial charge is 0.369 e. The fourth-order valence-corrected chi connectivity index (χ4v) is 8.28. The van der Waals surface area contributed by atoms with Crippen LogP contribution in [0.1, 0.15) is 21.5 Å². The third-order valence-corrected chi connectivity index (χ3v) is 10.8. The van der Waals surface area contributed by atoms with Gasteiger partial charge in [0, 0.05) is 17.7 Å². The molecule has 0 unspecified atom stereocenters. The highest BCUT2D eigenvalue weighted by Gasteiger charge is 2.19. The molecule has 0 saturated carbocycles. The topological polar surface area (TPSA) is 99.2 Å². The number of anilines is 1. The molecule has 6 nitrogen and oxygen atoms in total. The summed E-state index contributed by atoms with van der Waals surface area (Å²) in [5.41, 5.74) is 3.73. The van der Waals surface area contributed by atoms with E-state index in [0.29, 0.717) is 10.7 Å². The zero-order valence-electron chi connectivity index (χ0n) is 19.3. The van der Waals surface area contributed by atoms with E-state index < -0.39 is 10.1 Å². The molecule has 0 fully saturated rings. The van der Waals surface area contributed by atoms with Crippen molar-refractivity contribution in [1.82, 2.24) is 4.98 Å². The summed E-state index contributed by atoms with van der Waals surface area (Å²) in [6.45, 7) is 3.88. The molecule has 0 aliphatic carbocycles. The van der Waals surface area contributed by atoms with Crippen LogP contribution in [0.15, 0.2) is 89.1 Å². The molecule has 0 spiro atoms. The maximum atomic E-state index is 12.6. The van der Waals surface area contributed by atoms with E-state index in [1.54, 1.807) is 23.5 Å². The number of nitrogens with zero attached hydrogens (tertiary/aromatic N) is 1. The van der Waals surface area contributed by atoms with Crippen molar-refractivity contribution in [3.8, 4) is 0 Å². The SMILES string of the molecule is Cc1ccc(S(=O)(=O)[O-])cc1.Cc1ccc2nc(NC(=O)c3cccc([I+]c4cccs4)c3)sc2c1. The number of fused-ring (bicyclic) bond motifs is 1. The number of rotatable bonds is 5. The summed E-state index contributed by atoms with van der Waals surface area (Å²) in [7, 11) is -4.27. The molecule has 0 atom stereocenters. The molecule has 184 valence electrons. The molecule has 1 N–H and O–H groups in total. The number of hydrogen-bond donors (Lipinski definition) is 1. The third kappa shape index (κ3) is 7.20. The second-order valence-electron chi connectivity index (χ2n) is 7.73. The van der Waals surface area contributed by atoms with Crippen LogP contribution < -0.4 is 26.5 Å². The van der Waals surface area contributed by atoms with Gasteiger partial charge in [-0.1, -0.05) is 52.5 Å². The van der Waals surface area contributed by atoms with Crippen molar-refractivity contribution in [1.29, 1.82) is 0 Å². The molecule has 0 bridgehead atoms. The van der Waals surface area contributed by atoms with Crippen molar-refractivity contribution >= 4 is 54.0 Å². The van der Waals surface area contributed by atoms with Gasteiger partial charge in [0.25, 0.3) is 5.91 Å². The molecule has 1 amide bonds. The Bertz CT molecular complexity index is 1600. The number of thiophene rings is 1. The minimum atomic E-state index is -4.27. The Labute approximate surface area is 228 Å². The first-order chi connectivity index (χ1) is 17.2. The number of halogens is 1. The van der Waals surface area contributed by atoms with Crippen LogP contribution in [-0.2, 0) is 10.1 Å². The van der Waals surface area contributed by atoms with Gasteiger partial charge in [0.15, 0.2) is 8.70 Å². The Morgan fingerprint density at radius 1 is 0.944 bits per heavy atom. The van der Waals surface area contributed by atoms with Crippen molar-refractivity contribution < 1.29 is 39.0 Å². The van der Waals surface area contributed by atoms with Gasteiger partial charge >= 0.3 is 21.2 Å². The summed E-state index contributed by atoms with van der Waals surface area (Å²) in [4.78, 5) is 16.9. The number of aromatic nitrogens is 1. The molecular weight excluding hydrogens is 627 g/mol. The van der Waals surface area contributed by atoms with E-state index in [0.717, 1.165) is 15.8 Å². The van der Waals surface area contributed by atoms with Gasteiger partial charge in [-0.05, 0) is 67.3 Å². The minimum absolute atomic E-state index is 0.104. The Hall–Kier alpha value is -2.64. The largest absolute Gasteiger partial charge is 0.744 e. The fourth-order valence-electron chi connectivity index (χ4n) is 3.07. The molecule has 0 radical (unpaired) electrons. The number of hydrogen-bond acceptors (Lipinski definition) is 7. The standard InChI is InChI=1S/C19H13IN2OS2.C7H8O3S/c1-12-7-8-15-16(10-12)25-19(21-15)22-18(23)13-4-2-5-14(11-13)20-17-6-3-9-24-17;1-6-2-4-7(5-3-6)11(8,9)10/h2-11H,1H3;2-5H,1H3,(H,8,9,10). The van der Waals surface area contributed by atoms with Crippen molar-refractivity contribution in [2.45, 2.75) is 18.7 Å². The van der Waals surface area contributed by atoms with Gasteiger partial charge in [-0.2, -0.15) is 0 Å². The van der Waals surface area contributed by atoms with Gasteiger partial charge < -0.3 is 4.55 Å². The van der Waals surface area contributed by atoms with Crippen molar-refractivity contribution in [3.63, 3.8) is 0 Å². The molecule has 36 heavy (non-hydrogen) atoms. The van der Waals surface area contributed by atoms with Crippen LogP contribution in [0.4, 0.5) is 5.13 Å². The van der Waals surface area contributed by atoms with E-state index in [2.05, 4.69) is 46.9 Å². The van der Waals surface area contributed by atoms with Gasteiger partial charge in [0.2, 0.25) is 2.88 Å². The quantitative estimate of drug-likeness (QED) is 0.234. The number of amides is 1. The van der Waals surface area contributed by atoms with Gasteiger partial charge in [0.1, 0.15) is 10.1 Å². The Kier molecular flexibility index (Phi) is 8.52. The number of carbonyl (C=O) groups is 1. The second-order valence-corrected chi connectivity index (χ2v) is 14.8. The first-order valence-corrected chi connectivity index (χ1v) is 15.9. The zero-order chi connectivity index (χ0) is 25.7. The van der Waals surface area contributed by atoms with Crippen molar-refractivity contribution in [2.75, 3.05) is 5.32 Å². The Morgan fingerprint density at radius 3 is 2.39 bits per heavy atom. The highest BCUT2D eigenvalue weighted by atomic mass is 127. The van der Waals surface area contributed by atoms with Gasteiger partial charge in [-0.25, -0.2) is 13.4 Å². The Balaban J connectivity index is 0.000000233. The lowest BCUT2D eigenvalue weighted by Gasteiger charge is -2.05. The fraction of sp³-hybridized carbons (Fsp3) is 0.0769. The molecule has 0 saturated heterocycles. The first kappa shape index (κ1) is 26.4. The van der Waals surface area contributed by atoms with Crippen LogP contribution in [0, 0.1) is 20.3 Å². The van der Waals surface area contributed by atoms with E-state index in [-0.39, 0.29) is 32.0 Å². The highest BCUT2D eigenvalue weighted by molar-refractivity contribution is 7.85. The van der Waals surface area contributed by atoms with Gasteiger partial charge in [-0.15, -0.1) is 0 Å². The summed E-state index contributed by atoms with van der Waals surface area (Å²) < 4.78 is 34.9. The van der Waals surface area contributed by atoms with E-state index in [4.69, 9.17) is 0 Å². The minimum Gasteiger partial charge on any atom is -0.744 e. The van der Waals surface area contributed by atoms with Crippen LogP contribution in [0.5, 0.6) is 0 Å². The van der Waals surface area contributed by atoms with Crippen LogP contribution in [0.2, 0.25) is 0 Å². The van der Waals surface area contributed by atoms with Gasteiger partial charge in [0.05, 0.1) is 15.1 Å². The predicted octanol–water partition coefficient (Wildman–Crippen LogP) is 2.95. The number of thiazole rings is 1. The van der Waals surface area contributed by atoms with Crippen molar-refractivity contribution in [2.24, 2.45) is 0 Å². The van der Waals surface area contributed by atoms with E-state index in [1.165, 1.54) is 35.5 Å². The van der Waals surface area contributed by atoms with E-state index >= 15 is 0 Å². The normalized spacial score (nSPS) is 11.1. The second kappa shape index (κ2) is 11.6. The Morgan fingerprint density at radius 2 is 1.69 bits per heavy atom. The average molecular weight is 649 g/mol. The van der Waals surface area contributed by atoms with Crippen molar-refractivity contribution in [3.05, 3.63) is 107 Å². The lowest BCUT2D eigenvalue weighted by atomic mass is 10.2. The molecule has 2 heterocycles. The van der Waals surface area contributed by atoms with Crippen LogP contribution >= 0.6 is 22.7 Å². The molecule has 0 aliphatic rings. The monoisotopic (exact) mass is 648 g/mol. The number of carbonyl (C=O) groups excluding carboxylic acids is 1. The lowest BCUT2D eigenvalue weighted by molar-refractivity contribution is -0.591. The summed E-state index contributed by atoms with van der Waals surface area (Å²) in [5, 5.41) is 5.68. The molecule has 0 aliphatic heterocycles. The van der Waals surface area contributed by atoms with Crippen LogP contribution in [0.3, 0.4) is 0 Å². The number of benzene rings is 3. The number of aryl methyl sites for hydroxylation is 2. The highest BCUT2D eigenvalue weighted by Crippen LogP contribution is 2.27. The van der Waals surface area contributed by atoms with E-state index in [9.17, 15) is 17.8 Å². The lowest BCUT2D eigenvalue weighted by Crippen LogP contribution is -3.61. The predicted molar refractivity (Wildman–Crippen MR) is 140 cm³/mol. The average Bonchev–Trinajstić information content (AvgIpc) is 3.48. The molecule has 5 rings (SSSR count). The van der Waals surface area contributed by atoms with Gasteiger partial charge in [-0.3, -0.25) is 10.1 Å². The summed E-state index contributed by atoms with van der Waals surface area (Å²) >= 11 is 3.05. The first-order valence-electron chi connectivity index (χ1n) is 10.7. The third-order valence-electron chi connectivity index (χ3n) is 4.85. The summed E-state index contributed by atoms with van der Waals surface area (Å²) in [6.07, 6.45) is 0. The zero-order valence-corrected chi connectivity index (χ0v) is 23.9. The van der Waals surface area contributed by atoms with Crippen LogP contribution in [-0.4, -0.2) is 23.9 Å². The summed E-state index contributed by atoms with van der Waals surface area (Å²) in [6, 6.07) is 24.0. The summed E-state index contributed by atoms with van der Waals surface area (Å²) in [5.74, 6) is -0.104.